The summed E-state index contributed by atoms with van der Waals surface area (Å²) in [6.45, 7) is 1.53. The van der Waals surface area contributed by atoms with Gasteiger partial charge in [-0.2, -0.15) is 0 Å². The number of carbonyl (C=O) groups excluding carboxylic acids is 1. The van der Waals surface area contributed by atoms with Crippen molar-refractivity contribution < 1.29 is 14.7 Å². The maximum Gasteiger partial charge on any atom is 0.323 e. The Morgan fingerprint density at radius 1 is 1.47 bits per heavy atom. The number of amides is 2. The van der Waals surface area contributed by atoms with Gasteiger partial charge >= 0.3 is 12.0 Å². The first kappa shape index (κ1) is 11.8. The maximum absolute atomic E-state index is 11.5. The quantitative estimate of drug-likeness (QED) is 0.591. The number of urea groups is 1. The normalized spacial score (nSPS) is 17.1. The zero-order valence-electron chi connectivity index (χ0n) is 8.82. The van der Waals surface area contributed by atoms with Gasteiger partial charge in [-0.3, -0.25) is 4.79 Å². The molecule has 0 atom stereocenters. The van der Waals surface area contributed by atoms with Crippen LogP contribution >= 0.6 is 0 Å². The standard InChI is InChI=1S/C9H17N3O3/c1-12(6-8(13)14)9(15)11-7-2-4-10-5-3-7/h7,10H,2-6H2,1H3,(H,11,15)(H,13,14). The van der Waals surface area contributed by atoms with Crippen molar-refractivity contribution in [1.29, 1.82) is 0 Å². The zero-order valence-corrected chi connectivity index (χ0v) is 8.82. The number of rotatable bonds is 3. The van der Waals surface area contributed by atoms with Gasteiger partial charge in [0.05, 0.1) is 0 Å². The Labute approximate surface area is 88.6 Å². The number of likely N-dealkylation sites (N-methyl/N-ethyl adjacent to an activating group) is 1. The SMILES string of the molecule is CN(CC(=O)O)C(=O)NC1CCNCC1. The minimum absolute atomic E-state index is 0.162. The predicted octanol–water partition coefficient (Wildman–Crippen LogP) is -0.536. The summed E-state index contributed by atoms with van der Waals surface area (Å²) in [4.78, 5) is 23.0. The number of aliphatic carboxylic acids is 1. The molecule has 0 aromatic rings. The van der Waals surface area contributed by atoms with Crippen molar-refractivity contribution in [2.75, 3.05) is 26.7 Å². The third kappa shape index (κ3) is 4.16. The van der Waals surface area contributed by atoms with Crippen LogP contribution < -0.4 is 10.6 Å². The first-order valence-electron chi connectivity index (χ1n) is 5.03. The van der Waals surface area contributed by atoms with E-state index in [0.717, 1.165) is 25.9 Å². The summed E-state index contributed by atoms with van der Waals surface area (Å²) >= 11 is 0. The smallest absolute Gasteiger partial charge is 0.323 e. The lowest BCUT2D eigenvalue weighted by Gasteiger charge is -2.26. The molecule has 0 aromatic heterocycles. The zero-order chi connectivity index (χ0) is 11.3. The largest absolute Gasteiger partial charge is 0.480 e. The van der Waals surface area contributed by atoms with Crippen molar-refractivity contribution in [2.45, 2.75) is 18.9 Å². The summed E-state index contributed by atoms with van der Waals surface area (Å²) < 4.78 is 0. The number of piperidine rings is 1. The predicted molar refractivity (Wildman–Crippen MR) is 54.7 cm³/mol. The second-order valence-electron chi connectivity index (χ2n) is 3.72. The second kappa shape index (κ2) is 5.55. The molecule has 6 nitrogen and oxygen atoms in total. The molecule has 0 aromatic carbocycles. The molecule has 1 aliphatic heterocycles. The monoisotopic (exact) mass is 215 g/mol. The van der Waals surface area contributed by atoms with Crippen LogP contribution in [0.3, 0.4) is 0 Å². The van der Waals surface area contributed by atoms with Crippen molar-refractivity contribution in [1.82, 2.24) is 15.5 Å². The maximum atomic E-state index is 11.5. The van der Waals surface area contributed by atoms with Crippen LogP contribution in [0.5, 0.6) is 0 Å². The van der Waals surface area contributed by atoms with Gasteiger partial charge in [-0.1, -0.05) is 0 Å². The minimum Gasteiger partial charge on any atom is -0.480 e. The molecule has 1 heterocycles. The van der Waals surface area contributed by atoms with Crippen LogP contribution in [0.1, 0.15) is 12.8 Å². The Kier molecular flexibility index (Phi) is 4.36. The number of carboxylic acids is 1. The molecule has 0 saturated carbocycles. The van der Waals surface area contributed by atoms with Crippen LogP contribution in [0.2, 0.25) is 0 Å². The lowest BCUT2D eigenvalue weighted by atomic mass is 10.1. The van der Waals surface area contributed by atoms with Crippen LogP contribution in [0, 0.1) is 0 Å². The van der Waals surface area contributed by atoms with E-state index >= 15 is 0 Å². The topological polar surface area (TPSA) is 81.7 Å². The Bertz CT molecular complexity index is 239. The van der Waals surface area contributed by atoms with Crippen LogP contribution in [-0.2, 0) is 4.79 Å². The van der Waals surface area contributed by atoms with Crippen LogP contribution in [0.25, 0.3) is 0 Å². The summed E-state index contributed by atoms with van der Waals surface area (Å²) in [6.07, 6.45) is 1.79. The van der Waals surface area contributed by atoms with Gasteiger partial charge in [0.15, 0.2) is 0 Å². The van der Waals surface area contributed by atoms with E-state index in [9.17, 15) is 9.59 Å². The number of hydrogen-bond donors (Lipinski definition) is 3. The number of carbonyl (C=O) groups is 2. The fourth-order valence-electron chi connectivity index (χ4n) is 1.53. The molecular formula is C9H17N3O3. The van der Waals surface area contributed by atoms with Gasteiger partial charge in [-0.25, -0.2) is 4.79 Å². The summed E-state index contributed by atoms with van der Waals surface area (Å²) in [5.74, 6) is -1.00. The Hall–Kier alpha value is -1.30. The lowest BCUT2D eigenvalue weighted by molar-refractivity contribution is -0.137. The van der Waals surface area contributed by atoms with E-state index in [-0.39, 0.29) is 18.6 Å². The fourth-order valence-corrected chi connectivity index (χ4v) is 1.53. The molecule has 15 heavy (non-hydrogen) atoms. The highest BCUT2D eigenvalue weighted by molar-refractivity contribution is 5.79. The number of nitrogens with zero attached hydrogens (tertiary/aromatic N) is 1. The van der Waals surface area contributed by atoms with Gasteiger partial charge in [-0.15, -0.1) is 0 Å². The van der Waals surface area contributed by atoms with E-state index in [1.54, 1.807) is 0 Å². The number of nitrogens with one attached hydrogen (secondary N) is 2. The van der Waals surface area contributed by atoms with E-state index < -0.39 is 5.97 Å². The van der Waals surface area contributed by atoms with Crippen molar-refractivity contribution in [2.24, 2.45) is 0 Å². The van der Waals surface area contributed by atoms with Gasteiger partial charge in [0.1, 0.15) is 6.54 Å². The highest BCUT2D eigenvalue weighted by atomic mass is 16.4. The molecule has 0 unspecified atom stereocenters. The van der Waals surface area contributed by atoms with Crippen molar-refractivity contribution in [3.05, 3.63) is 0 Å². The van der Waals surface area contributed by atoms with E-state index in [1.165, 1.54) is 11.9 Å². The average molecular weight is 215 g/mol. The Balaban J connectivity index is 2.30. The highest BCUT2D eigenvalue weighted by Crippen LogP contribution is 2.02. The molecule has 3 N–H and O–H groups in total. The average Bonchev–Trinajstić information content (AvgIpc) is 2.18. The minimum atomic E-state index is -1.00. The van der Waals surface area contributed by atoms with Crippen LogP contribution in [0.15, 0.2) is 0 Å². The molecule has 0 spiro atoms. The molecule has 0 bridgehead atoms. The molecule has 1 fully saturated rings. The Morgan fingerprint density at radius 3 is 2.60 bits per heavy atom. The van der Waals surface area contributed by atoms with Gasteiger partial charge in [0.25, 0.3) is 0 Å². The summed E-state index contributed by atoms with van der Waals surface area (Å²) in [5, 5.41) is 14.5. The van der Waals surface area contributed by atoms with Gasteiger partial charge in [-0.05, 0) is 25.9 Å². The molecule has 1 aliphatic rings. The van der Waals surface area contributed by atoms with Crippen molar-refractivity contribution in [3.8, 4) is 0 Å². The van der Waals surface area contributed by atoms with E-state index in [4.69, 9.17) is 5.11 Å². The van der Waals surface area contributed by atoms with Crippen molar-refractivity contribution >= 4 is 12.0 Å². The molecule has 1 saturated heterocycles. The fraction of sp³-hybridized carbons (Fsp3) is 0.778. The lowest BCUT2D eigenvalue weighted by Crippen LogP contribution is -2.48. The van der Waals surface area contributed by atoms with Gasteiger partial charge in [0, 0.05) is 13.1 Å². The van der Waals surface area contributed by atoms with Crippen LogP contribution in [0.4, 0.5) is 4.79 Å². The van der Waals surface area contributed by atoms with E-state index in [0.29, 0.717) is 0 Å². The second-order valence-corrected chi connectivity index (χ2v) is 3.72. The molecular weight excluding hydrogens is 198 g/mol. The molecule has 6 heteroatoms. The number of hydrogen-bond acceptors (Lipinski definition) is 3. The van der Waals surface area contributed by atoms with E-state index in [1.807, 2.05) is 0 Å². The first-order valence-corrected chi connectivity index (χ1v) is 5.03. The summed E-state index contributed by atoms with van der Waals surface area (Å²) in [6, 6.07) is -0.153. The molecule has 86 valence electrons. The molecule has 0 radical (unpaired) electrons. The van der Waals surface area contributed by atoms with Gasteiger partial charge in [0.2, 0.25) is 0 Å². The third-order valence-corrected chi connectivity index (χ3v) is 2.39. The van der Waals surface area contributed by atoms with E-state index in [2.05, 4.69) is 10.6 Å². The molecule has 1 rings (SSSR count). The van der Waals surface area contributed by atoms with Crippen LogP contribution in [-0.4, -0.2) is 54.7 Å². The van der Waals surface area contributed by atoms with Gasteiger partial charge < -0.3 is 20.6 Å². The summed E-state index contributed by atoms with van der Waals surface area (Å²) in [5.41, 5.74) is 0. The Morgan fingerprint density at radius 2 is 2.07 bits per heavy atom. The highest BCUT2D eigenvalue weighted by Gasteiger charge is 2.18. The first-order chi connectivity index (χ1) is 7.09. The molecule has 0 aliphatic carbocycles. The third-order valence-electron chi connectivity index (χ3n) is 2.39. The molecule has 2 amide bonds. The summed E-state index contributed by atoms with van der Waals surface area (Å²) in [7, 11) is 1.48. The number of carboxylic acid groups (broad SMARTS) is 1. The van der Waals surface area contributed by atoms with Crippen molar-refractivity contribution in [3.63, 3.8) is 0 Å².